The summed E-state index contributed by atoms with van der Waals surface area (Å²) in [6, 6.07) is 18.8. The molecular formula is C24H21N5O4. The van der Waals surface area contributed by atoms with Crippen molar-refractivity contribution >= 4 is 11.0 Å². The molecule has 9 heteroatoms. The van der Waals surface area contributed by atoms with Crippen LogP contribution >= 0.6 is 0 Å². The normalized spacial score (nSPS) is 12.2. The highest BCUT2D eigenvalue weighted by Crippen LogP contribution is 2.27. The van der Waals surface area contributed by atoms with Crippen molar-refractivity contribution in [1.29, 1.82) is 0 Å². The number of hydrogen-bond acceptors (Lipinski definition) is 6. The summed E-state index contributed by atoms with van der Waals surface area (Å²) in [5.74, 6) is 1.52. The van der Waals surface area contributed by atoms with Crippen molar-refractivity contribution in [1.82, 2.24) is 24.3 Å². The highest BCUT2D eigenvalue weighted by molar-refractivity contribution is 5.82. The minimum absolute atomic E-state index is 0.359. The van der Waals surface area contributed by atoms with E-state index in [2.05, 4.69) is 15.1 Å². The van der Waals surface area contributed by atoms with Gasteiger partial charge in [-0.05, 0) is 42.8 Å². The first-order chi connectivity index (χ1) is 15.9. The van der Waals surface area contributed by atoms with Crippen LogP contribution in [0.25, 0.3) is 33.7 Å². The van der Waals surface area contributed by atoms with E-state index in [1.807, 2.05) is 61.5 Å². The van der Waals surface area contributed by atoms with Gasteiger partial charge in [0.1, 0.15) is 11.3 Å². The Labute approximate surface area is 187 Å². The molecule has 0 saturated heterocycles. The predicted octanol–water partition coefficient (Wildman–Crippen LogP) is 3.42. The highest BCUT2D eigenvalue weighted by atomic mass is 16.5. The minimum atomic E-state index is -0.438. The monoisotopic (exact) mass is 443 g/mol. The van der Waals surface area contributed by atoms with Crippen LogP contribution in [0.2, 0.25) is 0 Å². The Hall–Kier alpha value is -4.40. The molecule has 0 radical (unpaired) electrons. The standard InChI is InChI=1S/C24H21N5O4/c1-14(22-26-21(27-33-22)16-7-5-4-6-8-16)32-17-11-9-15(10-12-17)18-13-19-20(25-18)23(30)29(3)24(31)28(19)2/h4-14,25H,1-3H3. The first kappa shape index (κ1) is 20.5. The maximum atomic E-state index is 12.4. The zero-order valence-electron chi connectivity index (χ0n) is 18.3. The Morgan fingerprint density at radius 2 is 1.70 bits per heavy atom. The zero-order chi connectivity index (χ0) is 23.1. The molecule has 9 nitrogen and oxygen atoms in total. The fraction of sp³-hybridized carbons (Fsp3) is 0.167. The topological polar surface area (TPSA) is 108 Å². The summed E-state index contributed by atoms with van der Waals surface area (Å²) in [7, 11) is 3.10. The first-order valence-corrected chi connectivity index (χ1v) is 10.4. The summed E-state index contributed by atoms with van der Waals surface area (Å²) in [6.07, 6.45) is -0.438. The lowest BCUT2D eigenvalue weighted by molar-refractivity contribution is 0.176. The molecule has 166 valence electrons. The van der Waals surface area contributed by atoms with Gasteiger partial charge in [-0.25, -0.2) is 4.79 Å². The molecule has 0 aliphatic carbocycles. The maximum Gasteiger partial charge on any atom is 0.331 e. The number of nitrogens with zero attached hydrogens (tertiary/aromatic N) is 4. The quantitative estimate of drug-likeness (QED) is 0.446. The molecule has 0 spiro atoms. The van der Waals surface area contributed by atoms with Gasteiger partial charge in [0.15, 0.2) is 6.10 Å². The van der Waals surface area contributed by atoms with Crippen LogP contribution in [0.5, 0.6) is 5.75 Å². The summed E-state index contributed by atoms with van der Waals surface area (Å²) in [5.41, 5.74) is 2.66. The van der Waals surface area contributed by atoms with E-state index in [0.29, 0.717) is 28.5 Å². The Morgan fingerprint density at radius 3 is 2.42 bits per heavy atom. The molecule has 3 aromatic heterocycles. The Bertz CT molecular complexity index is 1560. The third-order valence-corrected chi connectivity index (χ3v) is 5.55. The van der Waals surface area contributed by atoms with E-state index in [1.54, 1.807) is 13.1 Å². The highest BCUT2D eigenvalue weighted by Gasteiger charge is 2.17. The molecule has 5 aromatic rings. The average Bonchev–Trinajstić information content (AvgIpc) is 3.51. The molecule has 2 aromatic carbocycles. The van der Waals surface area contributed by atoms with Crippen LogP contribution in [0.4, 0.5) is 0 Å². The molecule has 0 bridgehead atoms. The van der Waals surface area contributed by atoms with Crippen LogP contribution in [0.15, 0.2) is 74.8 Å². The summed E-state index contributed by atoms with van der Waals surface area (Å²) in [6.45, 7) is 1.84. The van der Waals surface area contributed by atoms with Gasteiger partial charge in [-0.3, -0.25) is 13.9 Å². The number of aromatic amines is 1. The van der Waals surface area contributed by atoms with E-state index in [1.165, 1.54) is 11.6 Å². The van der Waals surface area contributed by atoms with Gasteiger partial charge < -0.3 is 14.2 Å². The first-order valence-electron chi connectivity index (χ1n) is 10.4. The Balaban J connectivity index is 1.37. The number of fused-ring (bicyclic) bond motifs is 1. The van der Waals surface area contributed by atoms with Crippen molar-refractivity contribution in [3.63, 3.8) is 0 Å². The third-order valence-electron chi connectivity index (χ3n) is 5.55. The minimum Gasteiger partial charge on any atom is -0.481 e. The second-order valence-corrected chi connectivity index (χ2v) is 7.76. The van der Waals surface area contributed by atoms with E-state index < -0.39 is 6.10 Å². The van der Waals surface area contributed by atoms with Crippen LogP contribution in [0.3, 0.4) is 0 Å². The van der Waals surface area contributed by atoms with Crippen molar-refractivity contribution in [2.75, 3.05) is 0 Å². The van der Waals surface area contributed by atoms with Gasteiger partial charge in [-0.15, -0.1) is 0 Å². The SMILES string of the molecule is CC(Oc1ccc(-c2cc3c([nH]2)c(=O)n(C)c(=O)n3C)cc1)c1nc(-c2ccccc2)no1. The molecule has 1 unspecified atom stereocenters. The van der Waals surface area contributed by atoms with Crippen molar-refractivity contribution in [3.8, 4) is 28.4 Å². The Kier molecular flexibility index (Phi) is 4.93. The van der Waals surface area contributed by atoms with Crippen LogP contribution in [-0.4, -0.2) is 24.3 Å². The lowest BCUT2D eigenvalue weighted by Crippen LogP contribution is -2.36. The fourth-order valence-corrected chi connectivity index (χ4v) is 3.68. The molecule has 33 heavy (non-hydrogen) atoms. The molecular weight excluding hydrogens is 422 g/mol. The number of rotatable bonds is 5. The number of aryl methyl sites for hydroxylation is 1. The molecule has 0 fully saturated rings. The number of hydrogen-bond donors (Lipinski definition) is 1. The molecule has 0 aliphatic rings. The van der Waals surface area contributed by atoms with Crippen molar-refractivity contribution in [3.05, 3.63) is 87.4 Å². The maximum absolute atomic E-state index is 12.4. The number of nitrogens with one attached hydrogen (secondary N) is 1. The lowest BCUT2D eigenvalue weighted by Gasteiger charge is -2.11. The van der Waals surface area contributed by atoms with E-state index in [9.17, 15) is 9.59 Å². The summed E-state index contributed by atoms with van der Waals surface area (Å²) in [4.78, 5) is 32.2. The number of aromatic nitrogens is 5. The molecule has 0 saturated carbocycles. The van der Waals surface area contributed by atoms with E-state index >= 15 is 0 Å². The zero-order valence-corrected chi connectivity index (χ0v) is 18.3. The van der Waals surface area contributed by atoms with Gasteiger partial charge >= 0.3 is 5.69 Å². The van der Waals surface area contributed by atoms with Crippen LogP contribution in [-0.2, 0) is 14.1 Å². The van der Waals surface area contributed by atoms with Gasteiger partial charge in [0.05, 0.1) is 5.52 Å². The molecule has 1 atom stereocenters. The van der Waals surface area contributed by atoms with Crippen LogP contribution < -0.4 is 16.0 Å². The van der Waals surface area contributed by atoms with Gasteiger partial charge in [0, 0.05) is 25.4 Å². The fourth-order valence-electron chi connectivity index (χ4n) is 3.68. The van der Waals surface area contributed by atoms with Gasteiger partial charge in [0.25, 0.3) is 11.4 Å². The lowest BCUT2D eigenvalue weighted by atomic mass is 10.1. The summed E-state index contributed by atoms with van der Waals surface area (Å²) in [5, 5.41) is 4.03. The summed E-state index contributed by atoms with van der Waals surface area (Å²) < 4.78 is 13.9. The van der Waals surface area contributed by atoms with Crippen LogP contribution in [0, 0.1) is 0 Å². The average molecular weight is 443 g/mol. The van der Waals surface area contributed by atoms with Crippen molar-refractivity contribution in [2.45, 2.75) is 13.0 Å². The van der Waals surface area contributed by atoms with Gasteiger partial charge in [0.2, 0.25) is 5.82 Å². The van der Waals surface area contributed by atoms with Crippen molar-refractivity contribution < 1.29 is 9.26 Å². The second kappa shape index (κ2) is 7.94. The third kappa shape index (κ3) is 3.63. The molecule has 5 rings (SSSR count). The molecule has 0 aliphatic heterocycles. The van der Waals surface area contributed by atoms with E-state index in [-0.39, 0.29) is 11.2 Å². The number of H-pyrrole nitrogens is 1. The molecule has 0 amide bonds. The van der Waals surface area contributed by atoms with Crippen molar-refractivity contribution in [2.24, 2.45) is 14.1 Å². The van der Waals surface area contributed by atoms with E-state index in [0.717, 1.165) is 21.4 Å². The summed E-state index contributed by atoms with van der Waals surface area (Å²) >= 11 is 0. The van der Waals surface area contributed by atoms with Crippen LogP contribution in [0.1, 0.15) is 18.9 Å². The molecule has 3 heterocycles. The predicted molar refractivity (Wildman–Crippen MR) is 123 cm³/mol. The molecule has 1 N–H and O–H groups in total. The number of benzene rings is 2. The van der Waals surface area contributed by atoms with E-state index in [4.69, 9.17) is 9.26 Å². The van der Waals surface area contributed by atoms with Gasteiger partial charge in [-0.2, -0.15) is 4.98 Å². The second-order valence-electron chi connectivity index (χ2n) is 7.76. The Morgan fingerprint density at radius 1 is 0.970 bits per heavy atom. The van der Waals surface area contributed by atoms with Gasteiger partial charge in [-0.1, -0.05) is 35.5 Å². The largest absolute Gasteiger partial charge is 0.481 e. The smallest absolute Gasteiger partial charge is 0.331 e. The number of ether oxygens (including phenoxy) is 1.